The molecule has 0 aliphatic heterocycles. The fourth-order valence-corrected chi connectivity index (χ4v) is 2.76. The average molecular weight is 240 g/mol. The van der Waals surface area contributed by atoms with Crippen LogP contribution < -0.4 is 4.90 Å². The molecule has 0 spiro atoms. The molecular weight excluding hydrogens is 224 g/mol. The third-order valence-electron chi connectivity index (χ3n) is 2.69. The van der Waals surface area contributed by atoms with Gasteiger partial charge >= 0.3 is 5.97 Å². The van der Waals surface area contributed by atoms with Crippen LogP contribution in [0.5, 0.6) is 0 Å². The number of nitrogens with zero attached hydrogens (tertiary/aromatic N) is 2. The van der Waals surface area contributed by atoms with Crippen LogP contribution >= 0.6 is 11.3 Å². The van der Waals surface area contributed by atoms with Crippen molar-refractivity contribution >= 4 is 22.4 Å². The minimum atomic E-state index is -0.924. The van der Waals surface area contributed by atoms with E-state index < -0.39 is 5.97 Å². The normalized spacial score (nSPS) is 15.1. The van der Waals surface area contributed by atoms with Crippen molar-refractivity contribution in [2.24, 2.45) is 0 Å². The van der Waals surface area contributed by atoms with Gasteiger partial charge in [0.25, 0.3) is 0 Å². The second kappa shape index (κ2) is 4.41. The predicted octanol–water partition coefficient (Wildman–Crippen LogP) is 2.53. The fraction of sp³-hybridized carbons (Fsp3) is 0.636. The van der Waals surface area contributed by atoms with Crippen molar-refractivity contribution in [3.05, 3.63) is 10.6 Å². The van der Waals surface area contributed by atoms with Crippen molar-refractivity contribution in [1.82, 2.24) is 4.98 Å². The first-order valence-electron chi connectivity index (χ1n) is 5.60. The number of thiazole rings is 1. The molecular formula is C11H16N2O2S. The van der Waals surface area contributed by atoms with Gasteiger partial charge in [-0.15, -0.1) is 11.3 Å². The van der Waals surface area contributed by atoms with E-state index in [0.717, 1.165) is 23.0 Å². The fourth-order valence-electron chi connectivity index (χ4n) is 1.77. The minimum Gasteiger partial charge on any atom is -0.476 e. The van der Waals surface area contributed by atoms with Gasteiger partial charge in [0.15, 0.2) is 10.8 Å². The molecule has 1 saturated carbocycles. The molecule has 88 valence electrons. The predicted molar refractivity (Wildman–Crippen MR) is 64.5 cm³/mol. The number of hydrogen-bond acceptors (Lipinski definition) is 4. The van der Waals surface area contributed by atoms with Gasteiger partial charge in [0.2, 0.25) is 0 Å². The van der Waals surface area contributed by atoms with Crippen molar-refractivity contribution in [2.75, 3.05) is 11.4 Å². The quantitative estimate of drug-likeness (QED) is 0.859. The summed E-state index contributed by atoms with van der Waals surface area (Å²) < 4.78 is 0. The lowest BCUT2D eigenvalue weighted by Crippen LogP contribution is -2.26. The van der Waals surface area contributed by atoms with Gasteiger partial charge in [-0.3, -0.25) is 0 Å². The molecule has 0 saturated heterocycles. The lowest BCUT2D eigenvalue weighted by molar-refractivity contribution is 0.0690. The molecule has 0 aromatic carbocycles. The van der Waals surface area contributed by atoms with Gasteiger partial charge in [0.05, 0.1) is 0 Å². The van der Waals surface area contributed by atoms with Crippen molar-refractivity contribution in [3.8, 4) is 0 Å². The van der Waals surface area contributed by atoms with Crippen molar-refractivity contribution in [2.45, 2.75) is 39.2 Å². The number of anilines is 1. The van der Waals surface area contributed by atoms with Crippen molar-refractivity contribution in [3.63, 3.8) is 0 Å². The van der Waals surface area contributed by atoms with Gasteiger partial charge < -0.3 is 10.0 Å². The van der Waals surface area contributed by atoms with E-state index in [2.05, 4.69) is 16.8 Å². The van der Waals surface area contributed by atoms with Crippen LogP contribution in [0, 0.1) is 6.92 Å². The highest BCUT2D eigenvalue weighted by molar-refractivity contribution is 7.15. The molecule has 1 aromatic heterocycles. The molecule has 1 fully saturated rings. The van der Waals surface area contributed by atoms with E-state index in [1.807, 2.05) is 6.92 Å². The Kier molecular flexibility index (Phi) is 3.14. The van der Waals surface area contributed by atoms with E-state index in [0.29, 0.717) is 6.04 Å². The Balaban J connectivity index is 2.23. The molecule has 2 rings (SSSR count). The average Bonchev–Trinajstić information content (AvgIpc) is 2.98. The molecule has 0 bridgehead atoms. The van der Waals surface area contributed by atoms with Crippen LogP contribution in [-0.2, 0) is 0 Å². The Bertz CT molecular complexity index is 399. The van der Waals surface area contributed by atoms with Gasteiger partial charge in [0, 0.05) is 17.5 Å². The van der Waals surface area contributed by atoms with E-state index >= 15 is 0 Å². The Morgan fingerprint density at radius 1 is 1.62 bits per heavy atom. The molecule has 0 amide bonds. The summed E-state index contributed by atoms with van der Waals surface area (Å²) in [5.41, 5.74) is 0.210. The number of carbonyl (C=O) groups is 1. The second-order valence-electron chi connectivity index (χ2n) is 4.13. The summed E-state index contributed by atoms with van der Waals surface area (Å²) >= 11 is 1.49. The summed E-state index contributed by atoms with van der Waals surface area (Å²) in [6.45, 7) is 4.92. The van der Waals surface area contributed by atoms with Gasteiger partial charge in [0.1, 0.15) is 0 Å². The molecule has 1 aliphatic carbocycles. The zero-order valence-electron chi connectivity index (χ0n) is 9.56. The molecule has 1 heterocycles. The van der Waals surface area contributed by atoms with Gasteiger partial charge in [-0.05, 0) is 26.2 Å². The number of hydrogen-bond donors (Lipinski definition) is 1. The van der Waals surface area contributed by atoms with Gasteiger partial charge in [-0.1, -0.05) is 6.92 Å². The van der Waals surface area contributed by atoms with E-state index in [9.17, 15) is 4.79 Å². The van der Waals surface area contributed by atoms with Crippen LogP contribution in [0.15, 0.2) is 0 Å². The Labute approximate surface area is 98.9 Å². The maximum atomic E-state index is 10.9. The summed E-state index contributed by atoms with van der Waals surface area (Å²) in [4.78, 5) is 18.2. The monoisotopic (exact) mass is 240 g/mol. The molecule has 16 heavy (non-hydrogen) atoms. The van der Waals surface area contributed by atoms with Gasteiger partial charge in [-0.2, -0.15) is 0 Å². The van der Waals surface area contributed by atoms with E-state index in [-0.39, 0.29) is 5.69 Å². The smallest absolute Gasteiger partial charge is 0.355 e. The molecule has 5 heteroatoms. The minimum absolute atomic E-state index is 0.210. The van der Waals surface area contributed by atoms with E-state index in [1.54, 1.807) is 0 Å². The highest BCUT2D eigenvalue weighted by Gasteiger charge is 2.31. The summed E-state index contributed by atoms with van der Waals surface area (Å²) in [5, 5.41) is 9.84. The van der Waals surface area contributed by atoms with Crippen LogP contribution in [0.4, 0.5) is 5.13 Å². The molecule has 4 nitrogen and oxygen atoms in total. The number of aryl methyl sites for hydroxylation is 1. The highest BCUT2D eigenvalue weighted by Crippen LogP contribution is 2.35. The number of carboxylic acids is 1. The zero-order chi connectivity index (χ0) is 11.7. The third-order valence-corrected chi connectivity index (χ3v) is 3.69. The first-order chi connectivity index (χ1) is 7.63. The van der Waals surface area contributed by atoms with E-state index in [1.165, 1.54) is 24.2 Å². The molecule has 0 atom stereocenters. The van der Waals surface area contributed by atoms with Crippen LogP contribution in [0.1, 0.15) is 41.6 Å². The second-order valence-corrected chi connectivity index (χ2v) is 5.31. The Morgan fingerprint density at radius 3 is 2.75 bits per heavy atom. The van der Waals surface area contributed by atoms with Crippen LogP contribution in [0.25, 0.3) is 0 Å². The maximum Gasteiger partial charge on any atom is 0.355 e. The van der Waals surface area contributed by atoms with Crippen LogP contribution in [-0.4, -0.2) is 28.6 Å². The molecule has 1 aliphatic rings. The number of carboxylic acid groups (broad SMARTS) is 1. The zero-order valence-corrected chi connectivity index (χ0v) is 10.4. The van der Waals surface area contributed by atoms with E-state index in [4.69, 9.17) is 5.11 Å². The molecule has 1 N–H and O–H groups in total. The molecule has 0 unspecified atom stereocenters. The Morgan fingerprint density at radius 2 is 2.31 bits per heavy atom. The third kappa shape index (κ3) is 2.19. The number of aromatic carboxylic acids is 1. The maximum absolute atomic E-state index is 10.9. The van der Waals surface area contributed by atoms with Crippen LogP contribution in [0.3, 0.4) is 0 Å². The summed E-state index contributed by atoms with van der Waals surface area (Å²) in [5.74, 6) is -0.924. The number of aromatic nitrogens is 1. The number of rotatable bonds is 5. The van der Waals surface area contributed by atoms with Gasteiger partial charge in [-0.25, -0.2) is 9.78 Å². The topological polar surface area (TPSA) is 53.4 Å². The first kappa shape index (κ1) is 11.4. The highest BCUT2D eigenvalue weighted by atomic mass is 32.1. The van der Waals surface area contributed by atoms with Crippen molar-refractivity contribution < 1.29 is 9.90 Å². The standard InChI is InChI=1S/C11H16N2O2S/c1-3-6-13(8-4-5-8)11-12-9(10(14)15)7(2)16-11/h8H,3-6H2,1-2H3,(H,14,15). The Hall–Kier alpha value is -1.10. The van der Waals surface area contributed by atoms with Crippen LogP contribution in [0.2, 0.25) is 0 Å². The lowest BCUT2D eigenvalue weighted by Gasteiger charge is -2.20. The molecule has 0 radical (unpaired) electrons. The largest absolute Gasteiger partial charge is 0.476 e. The lowest BCUT2D eigenvalue weighted by atomic mass is 10.4. The summed E-state index contributed by atoms with van der Waals surface area (Å²) in [6, 6.07) is 0.590. The van der Waals surface area contributed by atoms with Crippen molar-refractivity contribution in [1.29, 1.82) is 0 Å². The SMILES string of the molecule is CCCN(c1nc(C(=O)O)c(C)s1)C1CC1. The molecule has 1 aromatic rings. The summed E-state index contributed by atoms with van der Waals surface area (Å²) in [7, 11) is 0. The first-order valence-corrected chi connectivity index (χ1v) is 6.42. The summed E-state index contributed by atoms with van der Waals surface area (Å²) in [6.07, 6.45) is 3.49.